The summed E-state index contributed by atoms with van der Waals surface area (Å²) < 4.78 is 10.7. The standard InChI is InChI=1S/C18H21NO4S/c1-12-5-8-19(18(11-12)22-16(20)17(21)23-18)9-6-13-3-2-4-15-14(13)7-10-24-15/h6-7,10,12H,2-5,8-9,11H2,1H3/b13-6+. The maximum absolute atomic E-state index is 11.6. The molecule has 3 aliphatic rings. The van der Waals surface area contributed by atoms with Crippen LogP contribution in [0.1, 0.15) is 43.0 Å². The van der Waals surface area contributed by atoms with Gasteiger partial charge in [-0.2, -0.15) is 0 Å². The van der Waals surface area contributed by atoms with Gasteiger partial charge in [0, 0.05) is 24.4 Å². The number of allylic oxidation sites excluding steroid dienone is 1. The largest absolute Gasteiger partial charge is 0.421 e. The third kappa shape index (κ3) is 2.67. The molecule has 1 aromatic rings. The first-order chi connectivity index (χ1) is 11.6. The second kappa shape index (κ2) is 6.01. The van der Waals surface area contributed by atoms with E-state index in [4.69, 9.17) is 9.47 Å². The Hall–Kier alpha value is -1.66. The van der Waals surface area contributed by atoms with Gasteiger partial charge < -0.3 is 9.47 Å². The zero-order valence-corrected chi connectivity index (χ0v) is 14.6. The lowest BCUT2D eigenvalue weighted by molar-refractivity contribution is -0.267. The van der Waals surface area contributed by atoms with Crippen molar-refractivity contribution in [3.05, 3.63) is 28.0 Å². The number of likely N-dealkylation sites (tertiary alicyclic amines) is 1. The number of thiophene rings is 1. The van der Waals surface area contributed by atoms with Crippen molar-refractivity contribution in [3.63, 3.8) is 0 Å². The monoisotopic (exact) mass is 347 g/mol. The first kappa shape index (κ1) is 15.8. The molecule has 0 N–H and O–H groups in total. The molecule has 2 saturated heterocycles. The van der Waals surface area contributed by atoms with Crippen LogP contribution in [0.3, 0.4) is 0 Å². The van der Waals surface area contributed by atoms with Gasteiger partial charge in [0.2, 0.25) is 0 Å². The number of piperidine rings is 1. The Kier molecular flexibility index (Phi) is 3.96. The van der Waals surface area contributed by atoms with E-state index >= 15 is 0 Å². The van der Waals surface area contributed by atoms with Crippen LogP contribution in [0.25, 0.3) is 5.57 Å². The molecule has 1 atom stereocenters. The number of ether oxygens (including phenoxy) is 2. The second-order valence-corrected chi connectivity index (χ2v) is 7.88. The molecule has 1 unspecified atom stereocenters. The lowest BCUT2D eigenvalue weighted by Gasteiger charge is -2.42. The third-order valence-electron chi connectivity index (χ3n) is 5.15. The number of hydrogen-bond donors (Lipinski definition) is 0. The molecule has 128 valence electrons. The maximum Gasteiger partial charge on any atom is 0.421 e. The van der Waals surface area contributed by atoms with Crippen molar-refractivity contribution in [2.45, 2.75) is 44.9 Å². The Morgan fingerprint density at radius 1 is 1.33 bits per heavy atom. The molecule has 3 heterocycles. The Morgan fingerprint density at radius 2 is 2.12 bits per heavy atom. The molecule has 1 aliphatic carbocycles. The molecule has 0 aromatic carbocycles. The summed E-state index contributed by atoms with van der Waals surface area (Å²) in [7, 11) is 0. The molecule has 0 saturated carbocycles. The molecule has 0 amide bonds. The van der Waals surface area contributed by atoms with E-state index in [0.717, 1.165) is 25.8 Å². The number of carbonyl (C=O) groups is 2. The van der Waals surface area contributed by atoms with Gasteiger partial charge in [0.15, 0.2) is 0 Å². The second-order valence-electron chi connectivity index (χ2n) is 6.88. The van der Waals surface area contributed by atoms with E-state index in [1.54, 1.807) is 0 Å². The summed E-state index contributed by atoms with van der Waals surface area (Å²) >= 11 is 1.82. The van der Waals surface area contributed by atoms with Crippen LogP contribution in [0.5, 0.6) is 0 Å². The zero-order valence-electron chi connectivity index (χ0n) is 13.7. The Balaban J connectivity index is 1.56. The third-order valence-corrected chi connectivity index (χ3v) is 6.13. The highest BCUT2D eigenvalue weighted by atomic mass is 32.1. The van der Waals surface area contributed by atoms with Gasteiger partial charge in [-0.3, -0.25) is 0 Å². The minimum absolute atomic E-state index is 0.353. The summed E-state index contributed by atoms with van der Waals surface area (Å²) in [6.45, 7) is 3.47. The quantitative estimate of drug-likeness (QED) is 0.608. The van der Waals surface area contributed by atoms with Gasteiger partial charge in [0.05, 0.1) is 0 Å². The van der Waals surface area contributed by atoms with E-state index in [0.29, 0.717) is 18.9 Å². The molecule has 0 radical (unpaired) electrons. The summed E-state index contributed by atoms with van der Waals surface area (Å²) in [4.78, 5) is 26.6. The maximum atomic E-state index is 11.6. The number of fused-ring (bicyclic) bond motifs is 1. The van der Waals surface area contributed by atoms with Gasteiger partial charge in [-0.25, -0.2) is 14.5 Å². The van der Waals surface area contributed by atoms with Crippen molar-refractivity contribution in [2.75, 3.05) is 13.1 Å². The lowest BCUT2D eigenvalue weighted by Crippen LogP contribution is -2.55. The minimum Gasteiger partial charge on any atom is -0.400 e. The van der Waals surface area contributed by atoms with E-state index < -0.39 is 17.8 Å². The molecule has 5 nitrogen and oxygen atoms in total. The molecule has 24 heavy (non-hydrogen) atoms. The van der Waals surface area contributed by atoms with Crippen LogP contribution in [0.15, 0.2) is 17.5 Å². The average molecular weight is 347 g/mol. The van der Waals surface area contributed by atoms with Crippen LogP contribution >= 0.6 is 11.3 Å². The lowest BCUT2D eigenvalue weighted by atomic mass is 9.92. The molecular formula is C18H21NO4S. The zero-order chi connectivity index (χ0) is 16.7. The first-order valence-corrected chi connectivity index (χ1v) is 9.42. The molecule has 0 bridgehead atoms. The van der Waals surface area contributed by atoms with Gasteiger partial charge in [-0.15, -0.1) is 11.3 Å². The van der Waals surface area contributed by atoms with Gasteiger partial charge in [-0.1, -0.05) is 13.0 Å². The van der Waals surface area contributed by atoms with Gasteiger partial charge >= 0.3 is 17.8 Å². The molecule has 6 heteroatoms. The highest BCUT2D eigenvalue weighted by Crippen LogP contribution is 2.39. The summed E-state index contributed by atoms with van der Waals surface area (Å²) in [6.07, 6.45) is 7.15. The van der Waals surface area contributed by atoms with Crippen molar-refractivity contribution < 1.29 is 19.1 Å². The highest BCUT2D eigenvalue weighted by Gasteiger charge is 2.55. The topological polar surface area (TPSA) is 55.8 Å². The molecule has 2 aliphatic heterocycles. The van der Waals surface area contributed by atoms with Crippen LogP contribution in [-0.2, 0) is 25.5 Å². The average Bonchev–Trinajstić information content (AvgIpc) is 3.12. The summed E-state index contributed by atoms with van der Waals surface area (Å²) in [5.41, 5.74) is 2.70. The smallest absolute Gasteiger partial charge is 0.400 e. The van der Waals surface area contributed by atoms with E-state index in [-0.39, 0.29) is 0 Å². The predicted molar refractivity (Wildman–Crippen MR) is 90.1 cm³/mol. The number of nitrogens with zero attached hydrogens (tertiary/aromatic N) is 1. The summed E-state index contributed by atoms with van der Waals surface area (Å²) in [6, 6.07) is 2.19. The van der Waals surface area contributed by atoms with Crippen molar-refractivity contribution >= 4 is 28.8 Å². The number of aryl methyl sites for hydroxylation is 1. The number of carbonyl (C=O) groups excluding carboxylic acids is 2. The van der Waals surface area contributed by atoms with E-state index in [1.807, 2.05) is 16.2 Å². The Morgan fingerprint density at radius 3 is 2.92 bits per heavy atom. The minimum atomic E-state index is -1.20. The van der Waals surface area contributed by atoms with Crippen LogP contribution in [-0.4, -0.2) is 35.8 Å². The van der Waals surface area contributed by atoms with Crippen LogP contribution in [0.2, 0.25) is 0 Å². The van der Waals surface area contributed by atoms with Crippen LogP contribution < -0.4 is 0 Å². The highest BCUT2D eigenvalue weighted by molar-refractivity contribution is 7.10. The van der Waals surface area contributed by atoms with Gasteiger partial charge in [-0.05, 0) is 54.2 Å². The number of hydrogen-bond acceptors (Lipinski definition) is 6. The summed E-state index contributed by atoms with van der Waals surface area (Å²) in [5.74, 6) is -2.60. The first-order valence-electron chi connectivity index (χ1n) is 8.54. The van der Waals surface area contributed by atoms with Crippen LogP contribution in [0, 0.1) is 5.92 Å². The van der Waals surface area contributed by atoms with Crippen molar-refractivity contribution in [2.24, 2.45) is 5.92 Å². The van der Waals surface area contributed by atoms with E-state index in [9.17, 15) is 9.59 Å². The number of esters is 2. The van der Waals surface area contributed by atoms with Gasteiger partial charge in [0.25, 0.3) is 0 Å². The predicted octanol–water partition coefficient (Wildman–Crippen LogP) is 2.95. The molecule has 4 rings (SSSR count). The summed E-state index contributed by atoms with van der Waals surface area (Å²) in [5, 5.41) is 2.15. The van der Waals surface area contributed by atoms with Crippen molar-refractivity contribution in [1.82, 2.24) is 4.90 Å². The fourth-order valence-corrected chi connectivity index (χ4v) is 4.84. The molecule has 1 aromatic heterocycles. The molecule has 2 fully saturated rings. The van der Waals surface area contributed by atoms with E-state index in [1.165, 1.54) is 22.4 Å². The van der Waals surface area contributed by atoms with E-state index in [2.05, 4.69) is 24.4 Å². The van der Waals surface area contributed by atoms with Crippen molar-refractivity contribution in [1.29, 1.82) is 0 Å². The molecular weight excluding hydrogens is 326 g/mol. The number of rotatable bonds is 2. The SMILES string of the molecule is CC1CCN(C/C=C2\CCCc3sccc32)C2(C1)OC(=O)C(=O)O2. The fraction of sp³-hybridized carbons (Fsp3) is 0.556. The van der Waals surface area contributed by atoms with Crippen LogP contribution in [0.4, 0.5) is 0 Å². The Labute approximate surface area is 145 Å². The fourth-order valence-electron chi connectivity index (χ4n) is 3.88. The van der Waals surface area contributed by atoms with Gasteiger partial charge in [0.1, 0.15) is 0 Å². The normalized spacial score (nSPS) is 28.0. The Bertz CT molecular complexity index is 692. The van der Waals surface area contributed by atoms with Crippen molar-refractivity contribution in [3.8, 4) is 0 Å². The molecule has 1 spiro atoms.